The van der Waals surface area contributed by atoms with Gasteiger partial charge < -0.3 is 5.32 Å². The molecule has 0 aliphatic carbocycles. The van der Waals surface area contributed by atoms with E-state index >= 15 is 0 Å². The second-order valence-electron chi connectivity index (χ2n) is 5.37. The zero-order chi connectivity index (χ0) is 15.4. The first-order valence-electron chi connectivity index (χ1n) is 7.23. The minimum Gasteiger partial charge on any atom is -0.310 e. The maximum atomic E-state index is 13.4. The molecule has 0 aliphatic heterocycles. The van der Waals surface area contributed by atoms with Gasteiger partial charge in [-0.2, -0.15) is 5.10 Å². The number of rotatable bonds is 6. The Morgan fingerprint density at radius 1 is 1.19 bits per heavy atom. The van der Waals surface area contributed by atoms with Gasteiger partial charge in [-0.1, -0.05) is 13.0 Å². The molecule has 0 saturated heterocycles. The Morgan fingerprint density at radius 2 is 1.95 bits per heavy atom. The Balaban J connectivity index is 2.19. The minimum absolute atomic E-state index is 0.0828. The first kappa shape index (κ1) is 15.6. The first-order valence-corrected chi connectivity index (χ1v) is 7.23. The molecule has 0 spiro atoms. The summed E-state index contributed by atoms with van der Waals surface area (Å²) in [5.41, 5.74) is 1.66. The molecule has 1 unspecified atom stereocenters. The zero-order valence-corrected chi connectivity index (χ0v) is 12.6. The lowest BCUT2D eigenvalue weighted by Gasteiger charge is -2.17. The van der Waals surface area contributed by atoms with Gasteiger partial charge in [-0.05, 0) is 44.2 Å². The van der Waals surface area contributed by atoms with Crippen molar-refractivity contribution in [2.45, 2.75) is 39.3 Å². The van der Waals surface area contributed by atoms with Crippen molar-refractivity contribution in [2.24, 2.45) is 0 Å². The molecule has 1 heterocycles. The highest BCUT2D eigenvalue weighted by Gasteiger charge is 2.15. The number of hydrogen-bond acceptors (Lipinski definition) is 2. The fraction of sp³-hybridized carbons (Fsp3) is 0.438. The maximum Gasteiger partial charge on any atom is 0.159 e. The average Bonchev–Trinajstić information content (AvgIpc) is 2.90. The van der Waals surface area contributed by atoms with Gasteiger partial charge in [-0.25, -0.2) is 8.78 Å². The summed E-state index contributed by atoms with van der Waals surface area (Å²) < 4.78 is 28.4. The van der Waals surface area contributed by atoms with Crippen LogP contribution in [-0.2, 0) is 6.42 Å². The van der Waals surface area contributed by atoms with E-state index in [9.17, 15) is 8.78 Å². The van der Waals surface area contributed by atoms with Crippen molar-refractivity contribution in [1.29, 1.82) is 0 Å². The molecule has 0 radical (unpaired) electrons. The number of halogens is 2. The van der Waals surface area contributed by atoms with Gasteiger partial charge in [0.2, 0.25) is 0 Å². The number of aromatic nitrogens is 2. The Bertz CT molecular complexity index is 593. The lowest BCUT2D eigenvalue weighted by atomic mass is 10.0. The quantitative estimate of drug-likeness (QED) is 0.881. The summed E-state index contributed by atoms with van der Waals surface area (Å²) in [5, 5.41) is 7.80. The molecule has 1 aromatic carbocycles. The number of hydrogen-bond donors (Lipinski definition) is 1. The Kier molecular flexibility index (Phi) is 5.07. The molecule has 1 N–H and O–H groups in total. The molecule has 1 atom stereocenters. The monoisotopic (exact) mass is 293 g/mol. The van der Waals surface area contributed by atoms with Crippen molar-refractivity contribution in [1.82, 2.24) is 15.1 Å². The van der Waals surface area contributed by atoms with Crippen LogP contribution in [0.2, 0.25) is 0 Å². The fourth-order valence-corrected chi connectivity index (χ4v) is 2.27. The van der Waals surface area contributed by atoms with Crippen molar-refractivity contribution < 1.29 is 8.78 Å². The van der Waals surface area contributed by atoms with Crippen LogP contribution < -0.4 is 5.32 Å². The highest BCUT2D eigenvalue weighted by molar-refractivity contribution is 5.23. The van der Waals surface area contributed by atoms with Gasteiger partial charge in [0.05, 0.1) is 5.69 Å². The highest BCUT2D eigenvalue weighted by atomic mass is 19.2. The molecule has 21 heavy (non-hydrogen) atoms. The van der Waals surface area contributed by atoms with Crippen molar-refractivity contribution in [3.63, 3.8) is 0 Å². The molecule has 0 aliphatic rings. The van der Waals surface area contributed by atoms with E-state index in [1.54, 1.807) is 6.07 Å². The number of nitrogens with zero attached hydrogens (tertiary/aromatic N) is 2. The normalized spacial score (nSPS) is 12.9. The molecule has 3 nitrogen and oxygen atoms in total. The van der Waals surface area contributed by atoms with Crippen LogP contribution in [0.5, 0.6) is 0 Å². The van der Waals surface area contributed by atoms with Gasteiger partial charge in [-0.15, -0.1) is 0 Å². The van der Waals surface area contributed by atoms with Crippen molar-refractivity contribution >= 4 is 0 Å². The van der Waals surface area contributed by atoms with Gasteiger partial charge in [0.25, 0.3) is 0 Å². The third kappa shape index (κ3) is 3.88. The smallest absolute Gasteiger partial charge is 0.159 e. The van der Waals surface area contributed by atoms with Crippen molar-refractivity contribution in [3.8, 4) is 0 Å². The Hall–Kier alpha value is -1.75. The SMILES string of the molecule is CCNC(Cc1ccn(C(C)C)n1)c1ccc(F)c(F)c1. The van der Waals surface area contributed by atoms with Crippen LogP contribution in [0, 0.1) is 11.6 Å². The van der Waals surface area contributed by atoms with Gasteiger partial charge >= 0.3 is 0 Å². The summed E-state index contributed by atoms with van der Waals surface area (Å²) in [5.74, 6) is -1.64. The summed E-state index contributed by atoms with van der Waals surface area (Å²) in [6, 6.07) is 6.22. The van der Waals surface area contributed by atoms with E-state index in [1.807, 2.05) is 23.9 Å². The van der Waals surface area contributed by atoms with Crippen LogP contribution >= 0.6 is 0 Å². The summed E-state index contributed by atoms with van der Waals surface area (Å²) in [6.07, 6.45) is 2.58. The molecular weight excluding hydrogens is 272 g/mol. The third-order valence-corrected chi connectivity index (χ3v) is 3.40. The number of benzene rings is 1. The molecule has 0 amide bonds. The molecule has 0 fully saturated rings. The molecule has 0 bridgehead atoms. The summed E-state index contributed by atoms with van der Waals surface area (Å²) in [7, 11) is 0. The van der Waals surface area contributed by atoms with Crippen LogP contribution in [-0.4, -0.2) is 16.3 Å². The largest absolute Gasteiger partial charge is 0.310 e. The van der Waals surface area contributed by atoms with Gasteiger partial charge in [0.1, 0.15) is 0 Å². The zero-order valence-electron chi connectivity index (χ0n) is 12.6. The minimum atomic E-state index is -0.821. The number of nitrogens with one attached hydrogen (secondary N) is 1. The van der Waals surface area contributed by atoms with Gasteiger partial charge in [0.15, 0.2) is 11.6 Å². The van der Waals surface area contributed by atoms with Gasteiger partial charge in [0, 0.05) is 24.7 Å². The lowest BCUT2D eigenvalue weighted by Crippen LogP contribution is -2.23. The highest BCUT2D eigenvalue weighted by Crippen LogP contribution is 2.20. The van der Waals surface area contributed by atoms with E-state index in [1.165, 1.54) is 12.1 Å². The van der Waals surface area contributed by atoms with Crippen LogP contribution in [0.4, 0.5) is 8.78 Å². The summed E-state index contributed by atoms with van der Waals surface area (Å²) in [4.78, 5) is 0. The van der Waals surface area contributed by atoms with Crippen molar-refractivity contribution in [2.75, 3.05) is 6.54 Å². The van der Waals surface area contributed by atoms with E-state index < -0.39 is 11.6 Å². The standard InChI is InChI=1S/C16H21F2N3/c1-4-19-16(12-5-6-14(17)15(18)9-12)10-13-7-8-21(20-13)11(2)3/h5-9,11,16,19H,4,10H2,1-3H3. The molecule has 2 aromatic rings. The van der Waals surface area contributed by atoms with Crippen LogP contribution in [0.3, 0.4) is 0 Å². The molecule has 5 heteroatoms. The van der Waals surface area contributed by atoms with Gasteiger partial charge in [-0.3, -0.25) is 4.68 Å². The van der Waals surface area contributed by atoms with E-state index in [4.69, 9.17) is 0 Å². The van der Waals surface area contributed by atoms with E-state index in [2.05, 4.69) is 24.3 Å². The molecule has 0 saturated carbocycles. The number of likely N-dealkylation sites (N-methyl/N-ethyl adjacent to an activating group) is 1. The molecule has 114 valence electrons. The second-order valence-corrected chi connectivity index (χ2v) is 5.37. The van der Waals surface area contributed by atoms with Crippen LogP contribution in [0.15, 0.2) is 30.5 Å². The topological polar surface area (TPSA) is 29.9 Å². The third-order valence-electron chi connectivity index (χ3n) is 3.40. The predicted molar refractivity (Wildman–Crippen MR) is 79.1 cm³/mol. The molecule has 2 rings (SSSR count). The fourth-order valence-electron chi connectivity index (χ4n) is 2.27. The van der Waals surface area contributed by atoms with Crippen LogP contribution in [0.25, 0.3) is 0 Å². The second kappa shape index (κ2) is 6.80. The molecular formula is C16H21F2N3. The molecule has 1 aromatic heterocycles. The predicted octanol–water partition coefficient (Wildman–Crippen LogP) is 3.64. The summed E-state index contributed by atoms with van der Waals surface area (Å²) in [6.45, 7) is 6.86. The lowest BCUT2D eigenvalue weighted by molar-refractivity contribution is 0.490. The Labute approximate surface area is 124 Å². The van der Waals surface area contributed by atoms with E-state index in [0.29, 0.717) is 12.5 Å². The van der Waals surface area contributed by atoms with Crippen molar-refractivity contribution in [3.05, 3.63) is 53.4 Å². The van der Waals surface area contributed by atoms with E-state index in [-0.39, 0.29) is 6.04 Å². The van der Waals surface area contributed by atoms with E-state index in [0.717, 1.165) is 17.8 Å². The Morgan fingerprint density at radius 3 is 2.52 bits per heavy atom. The average molecular weight is 293 g/mol. The maximum absolute atomic E-state index is 13.4. The first-order chi connectivity index (χ1) is 10.0. The summed E-state index contributed by atoms with van der Waals surface area (Å²) >= 11 is 0. The van der Waals surface area contributed by atoms with Crippen LogP contribution in [0.1, 0.15) is 44.1 Å².